The monoisotopic (exact) mass is 298 g/mol. The van der Waals surface area contributed by atoms with E-state index in [1.54, 1.807) is 0 Å². The molecule has 0 spiro atoms. The molecule has 3 aromatic rings. The number of fused-ring (bicyclic) bond motifs is 1. The molecule has 0 unspecified atom stereocenters. The van der Waals surface area contributed by atoms with E-state index in [4.69, 9.17) is 0 Å². The van der Waals surface area contributed by atoms with E-state index >= 15 is 0 Å². The van der Waals surface area contributed by atoms with Gasteiger partial charge in [-0.05, 0) is 39.3 Å². The average Bonchev–Trinajstić information content (AvgIpc) is 3.03. The SMILES string of the molecule is Cc1cnn(C[C@H](C)NCc2cn3c(C)cc(C)nc3n2)c1. The zero-order valence-electron chi connectivity index (χ0n) is 13.5. The largest absolute Gasteiger partial charge is 0.307 e. The molecular formula is C16H22N6. The second-order valence-corrected chi connectivity index (χ2v) is 5.96. The third-order valence-electron chi connectivity index (χ3n) is 3.67. The second-order valence-electron chi connectivity index (χ2n) is 5.96. The molecule has 22 heavy (non-hydrogen) atoms. The van der Waals surface area contributed by atoms with Gasteiger partial charge in [0.15, 0.2) is 0 Å². The van der Waals surface area contributed by atoms with Crippen molar-refractivity contribution in [1.29, 1.82) is 0 Å². The first-order valence-corrected chi connectivity index (χ1v) is 7.56. The van der Waals surface area contributed by atoms with Crippen molar-refractivity contribution in [2.45, 2.75) is 46.8 Å². The normalized spacial score (nSPS) is 12.9. The second kappa shape index (κ2) is 5.88. The fourth-order valence-electron chi connectivity index (χ4n) is 2.59. The summed E-state index contributed by atoms with van der Waals surface area (Å²) in [5, 5.41) is 7.80. The summed E-state index contributed by atoms with van der Waals surface area (Å²) in [6.07, 6.45) is 5.99. The van der Waals surface area contributed by atoms with Gasteiger partial charge < -0.3 is 5.32 Å². The molecule has 6 nitrogen and oxygen atoms in total. The molecule has 0 aliphatic carbocycles. The van der Waals surface area contributed by atoms with E-state index in [1.165, 1.54) is 5.56 Å². The van der Waals surface area contributed by atoms with Crippen LogP contribution in [0.2, 0.25) is 0 Å². The van der Waals surface area contributed by atoms with Crippen molar-refractivity contribution in [3.8, 4) is 0 Å². The highest BCUT2D eigenvalue weighted by molar-refractivity contribution is 5.34. The molecule has 116 valence electrons. The summed E-state index contributed by atoms with van der Waals surface area (Å²) in [6, 6.07) is 2.38. The molecule has 0 saturated carbocycles. The summed E-state index contributed by atoms with van der Waals surface area (Å²) in [6.45, 7) is 9.84. The van der Waals surface area contributed by atoms with E-state index < -0.39 is 0 Å². The lowest BCUT2D eigenvalue weighted by atomic mass is 10.3. The zero-order valence-corrected chi connectivity index (χ0v) is 13.5. The third-order valence-corrected chi connectivity index (χ3v) is 3.67. The number of nitrogens with zero attached hydrogens (tertiary/aromatic N) is 5. The lowest BCUT2D eigenvalue weighted by Crippen LogP contribution is -2.30. The summed E-state index contributed by atoms with van der Waals surface area (Å²) in [4.78, 5) is 9.05. The summed E-state index contributed by atoms with van der Waals surface area (Å²) < 4.78 is 4.00. The molecule has 0 fully saturated rings. The first kappa shape index (κ1) is 14.7. The minimum absolute atomic E-state index is 0.319. The van der Waals surface area contributed by atoms with Gasteiger partial charge in [0.2, 0.25) is 5.78 Å². The molecule has 0 aliphatic rings. The molecule has 0 bridgehead atoms. The first-order chi connectivity index (χ1) is 10.5. The maximum absolute atomic E-state index is 4.58. The van der Waals surface area contributed by atoms with Gasteiger partial charge in [-0.15, -0.1) is 0 Å². The molecule has 0 amide bonds. The Balaban J connectivity index is 1.64. The van der Waals surface area contributed by atoms with Gasteiger partial charge in [-0.25, -0.2) is 9.97 Å². The predicted molar refractivity (Wildman–Crippen MR) is 85.7 cm³/mol. The Bertz CT molecular complexity index is 785. The summed E-state index contributed by atoms with van der Waals surface area (Å²) in [5.41, 5.74) is 4.34. The molecule has 0 aromatic carbocycles. The molecule has 1 N–H and O–H groups in total. The lowest BCUT2D eigenvalue weighted by molar-refractivity contribution is 0.449. The number of hydrogen-bond donors (Lipinski definition) is 1. The maximum atomic E-state index is 4.58. The van der Waals surface area contributed by atoms with Crippen LogP contribution in [0, 0.1) is 20.8 Å². The van der Waals surface area contributed by atoms with Crippen molar-refractivity contribution < 1.29 is 0 Å². The van der Waals surface area contributed by atoms with Crippen LogP contribution in [0.4, 0.5) is 0 Å². The molecule has 0 aliphatic heterocycles. The topological polar surface area (TPSA) is 60.0 Å². The predicted octanol–water partition coefficient (Wildman–Crippen LogP) is 2.03. The van der Waals surface area contributed by atoms with Gasteiger partial charge in [-0.1, -0.05) is 0 Å². The van der Waals surface area contributed by atoms with Crippen molar-refractivity contribution >= 4 is 5.78 Å². The van der Waals surface area contributed by atoms with E-state index in [-0.39, 0.29) is 0 Å². The Labute approximate surface area is 130 Å². The van der Waals surface area contributed by atoms with Gasteiger partial charge in [0.05, 0.1) is 18.4 Å². The van der Waals surface area contributed by atoms with Gasteiger partial charge >= 0.3 is 0 Å². The number of nitrogens with one attached hydrogen (secondary N) is 1. The molecule has 3 heterocycles. The molecule has 0 radical (unpaired) electrons. The molecule has 1 atom stereocenters. The molecule has 0 saturated heterocycles. The van der Waals surface area contributed by atoms with Crippen molar-refractivity contribution in [2.75, 3.05) is 0 Å². The Hall–Kier alpha value is -2.21. The Morgan fingerprint density at radius 1 is 1.18 bits per heavy atom. The highest BCUT2D eigenvalue weighted by Crippen LogP contribution is 2.08. The van der Waals surface area contributed by atoms with Crippen LogP contribution in [-0.2, 0) is 13.1 Å². The fourth-order valence-corrected chi connectivity index (χ4v) is 2.59. The Morgan fingerprint density at radius 2 is 2.00 bits per heavy atom. The number of aryl methyl sites for hydroxylation is 3. The van der Waals surface area contributed by atoms with Crippen molar-refractivity contribution in [1.82, 2.24) is 29.5 Å². The van der Waals surface area contributed by atoms with Gasteiger partial charge in [0, 0.05) is 36.4 Å². The zero-order chi connectivity index (χ0) is 15.7. The van der Waals surface area contributed by atoms with Crippen molar-refractivity contribution in [2.24, 2.45) is 0 Å². The third kappa shape index (κ3) is 3.17. The lowest BCUT2D eigenvalue weighted by Gasteiger charge is -2.12. The standard InChI is InChI=1S/C16H22N6/c1-11-6-18-21(8-11)9-13(3)17-7-15-10-22-14(4)5-12(2)19-16(22)20-15/h5-6,8,10,13,17H,7,9H2,1-4H3/t13-/m0/s1. The number of rotatable bonds is 5. The number of aromatic nitrogens is 5. The van der Waals surface area contributed by atoms with E-state index in [1.807, 2.05) is 22.2 Å². The van der Waals surface area contributed by atoms with E-state index in [2.05, 4.69) is 59.6 Å². The Kier molecular flexibility index (Phi) is 3.94. The molecule has 3 aromatic heterocycles. The maximum Gasteiger partial charge on any atom is 0.234 e. The molecule has 3 rings (SSSR count). The van der Waals surface area contributed by atoms with Gasteiger partial charge in [0.25, 0.3) is 0 Å². The van der Waals surface area contributed by atoms with Crippen LogP contribution in [-0.4, -0.2) is 30.2 Å². The number of hydrogen-bond acceptors (Lipinski definition) is 4. The van der Waals surface area contributed by atoms with E-state index in [0.29, 0.717) is 6.04 Å². The summed E-state index contributed by atoms with van der Waals surface area (Å²) >= 11 is 0. The van der Waals surface area contributed by atoms with Crippen molar-refractivity contribution in [3.63, 3.8) is 0 Å². The molecule has 6 heteroatoms. The highest BCUT2D eigenvalue weighted by atomic mass is 15.3. The van der Waals surface area contributed by atoms with E-state index in [0.717, 1.165) is 35.9 Å². The van der Waals surface area contributed by atoms with Crippen LogP contribution < -0.4 is 5.32 Å². The average molecular weight is 298 g/mol. The minimum Gasteiger partial charge on any atom is -0.307 e. The van der Waals surface area contributed by atoms with Crippen LogP contribution in [0.3, 0.4) is 0 Å². The van der Waals surface area contributed by atoms with Gasteiger partial charge in [-0.3, -0.25) is 9.08 Å². The van der Waals surface area contributed by atoms with Crippen molar-refractivity contribution in [3.05, 3.63) is 47.3 Å². The van der Waals surface area contributed by atoms with Crippen LogP contribution in [0.25, 0.3) is 5.78 Å². The van der Waals surface area contributed by atoms with Crippen LogP contribution in [0.1, 0.15) is 29.6 Å². The smallest absolute Gasteiger partial charge is 0.234 e. The number of imidazole rings is 1. The van der Waals surface area contributed by atoms with Gasteiger partial charge in [-0.2, -0.15) is 5.10 Å². The van der Waals surface area contributed by atoms with Crippen LogP contribution in [0.5, 0.6) is 0 Å². The van der Waals surface area contributed by atoms with Gasteiger partial charge in [0.1, 0.15) is 0 Å². The first-order valence-electron chi connectivity index (χ1n) is 7.56. The minimum atomic E-state index is 0.319. The van der Waals surface area contributed by atoms with E-state index in [9.17, 15) is 0 Å². The highest BCUT2D eigenvalue weighted by Gasteiger charge is 2.08. The quantitative estimate of drug-likeness (QED) is 0.783. The Morgan fingerprint density at radius 3 is 2.73 bits per heavy atom. The molecular weight excluding hydrogens is 276 g/mol. The van der Waals surface area contributed by atoms with Crippen LogP contribution in [0.15, 0.2) is 24.7 Å². The van der Waals surface area contributed by atoms with Crippen LogP contribution >= 0.6 is 0 Å². The fraction of sp³-hybridized carbons (Fsp3) is 0.438. The summed E-state index contributed by atoms with van der Waals surface area (Å²) in [7, 11) is 0. The summed E-state index contributed by atoms with van der Waals surface area (Å²) in [5.74, 6) is 0.768.